The zero-order chi connectivity index (χ0) is 20.1. The van der Waals surface area contributed by atoms with Gasteiger partial charge in [-0.25, -0.2) is 17.6 Å². The minimum Gasteiger partial charge on any atom is -0.289 e. The molecule has 0 spiro atoms. The lowest BCUT2D eigenvalue weighted by molar-refractivity contribution is -0.372. The van der Waals surface area contributed by atoms with Gasteiger partial charge < -0.3 is 0 Å². The van der Waals surface area contributed by atoms with Crippen molar-refractivity contribution in [3.63, 3.8) is 0 Å². The minimum atomic E-state index is -7.51. The first-order valence-electron chi connectivity index (χ1n) is 5.85. The number of alkyl halides is 14. The molecule has 0 aromatic carbocycles. The van der Waals surface area contributed by atoms with Crippen LogP contribution in [0.1, 0.15) is 0 Å². The molecule has 0 N–H and O–H groups in total. The Bertz CT molecular complexity index is 714. The summed E-state index contributed by atoms with van der Waals surface area (Å²) in [6, 6.07) is 0. The molecule has 1 nitrogen and oxygen atoms in total. The summed E-state index contributed by atoms with van der Waals surface area (Å²) >= 11 is 0. The summed E-state index contributed by atoms with van der Waals surface area (Å²) in [6.07, 6.45) is 0. The van der Waals surface area contributed by atoms with Gasteiger partial charge in [0.2, 0.25) is 0 Å². The molecule has 0 amide bonds. The Morgan fingerprint density at radius 1 is 0.440 bits per heavy atom. The summed E-state index contributed by atoms with van der Waals surface area (Å²) in [4.78, 5) is 11.0. The lowest BCUT2D eigenvalue weighted by Crippen LogP contribution is -2.79. The number of halogens is 14. The second-order valence-corrected chi connectivity index (χ2v) is 5.83. The van der Waals surface area contributed by atoms with E-state index in [1.54, 1.807) is 0 Å². The highest BCUT2D eigenvalue weighted by molar-refractivity contribution is 6.03. The Morgan fingerprint density at radius 2 is 0.800 bits per heavy atom. The molecular weight excluding hydrogens is 402 g/mol. The quantitative estimate of drug-likeness (QED) is 0.566. The van der Waals surface area contributed by atoms with Crippen molar-refractivity contribution in [2.24, 2.45) is 0 Å². The summed E-state index contributed by atoms with van der Waals surface area (Å²) in [7, 11) is 0. The third kappa shape index (κ3) is 0.958. The number of rotatable bonds is 0. The molecule has 3 aliphatic carbocycles. The maximum Gasteiger partial charge on any atom is 0.374 e. The van der Waals surface area contributed by atoms with Gasteiger partial charge in [0, 0.05) is 0 Å². The van der Waals surface area contributed by atoms with E-state index in [2.05, 4.69) is 0 Å². The van der Waals surface area contributed by atoms with Crippen LogP contribution in [0.5, 0.6) is 0 Å². The number of fused-ring (bicyclic) bond motifs is 5. The summed E-state index contributed by atoms with van der Waals surface area (Å²) < 4.78 is 191. The number of hydrogen-bond donors (Lipinski definition) is 0. The predicted molar refractivity (Wildman–Crippen MR) is 45.1 cm³/mol. The van der Waals surface area contributed by atoms with E-state index in [0.717, 1.165) is 0 Å². The average Bonchev–Trinajstić information content (AvgIpc) is 2.63. The van der Waals surface area contributed by atoms with Crippen LogP contribution in [0, 0.1) is 0 Å². The number of Topliss-reactive ketones (excluding diaryl/α,β-unsaturated/α-hetero) is 1. The molecular formula is C10F14O. The first kappa shape index (κ1) is 18.5. The van der Waals surface area contributed by atoms with Crippen molar-refractivity contribution in [3.8, 4) is 0 Å². The maximum absolute atomic E-state index is 14.3. The summed E-state index contributed by atoms with van der Waals surface area (Å²) in [5.74, 6) is -40.9. The van der Waals surface area contributed by atoms with E-state index in [-0.39, 0.29) is 0 Å². The van der Waals surface area contributed by atoms with Crippen LogP contribution in [0.15, 0.2) is 0 Å². The summed E-state index contributed by atoms with van der Waals surface area (Å²) in [5.41, 5.74) is -29.2. The van der Waals surface area contributed by atoms with Crippen molar-refractivity contribution in [1.29, 1.82) is 0 Å². The van der Waals surface area contributed by atoms with Crippen molar-refractivity contribution >= 4 is 5.78 Å². The molecule has 4 atom stereocenters. The van der Waals surface area contributed by atoms with Gasteiger partial charge in [0.05, 0.1) is 0 Å². The average molecular weight is 402 g/mol. The Hall–Kier alpha value is -1.31. The Morgan fingerprint density at radius 3 is 1.20 bits per heavy atom. The van der Waals surface area contributed by atoms with Crippen molar-refractivity contribution in [2.45, 2.75) is 52.3 Å². The first-order valence-corrected chi connectivity index (χ1v) is 5.85. The minimum absolute atomic E-state index is 4.54. The molecule has 3 saturated carbocycles. The second kappa shape index (κ2) is 3.44. The fraction of sp³-hybridized carbons (Fsp3) is 0.900. The number of carbonyl (C=O) groups excluding carboxylic acids is 1. The van der Waals surface area contributed by atoms with E-state index in [1.807, 2.05) is 0 Å². The van der Waals surface area contributed by atoms with E-state index < -0.39 is 58.1 Å². The molecule has 3 rings (SSSR count). The predicted octanol–water partition coefficient (Wildman–Crippen LogP) is 3.61. The van der Waals surface area contributed by atoms with E-state index in [4.69, 9.17) is 0 Å². The Labute approximate surface area is 125 Å². The van der Waals surface area contributed by atoms with Crippen LogP contribution in [-0.4, -0.2) is 58.1 Å². The molecule has 0 aliphatic heterocycles. The molecule has 4 unspecified atom stereocenters. The smallest absolute Gasteiger partial charge is 0.289 e. The van der Waals surface area contributed by atoms with Gasteiger partial charge in [-0.15, -0.1) is 0 Å². The largest absolute Gasteiger partial charge is 0.374 e. The van der Waals surface area contributed by atoms with Gasteiger partial charge in [0.1, 0.15) is 0 Å². The fourth-order valence-electron chi connectivity index (χ4n) is 3.73. The van der Waals surface area contributed by atoms with Gasteiger partial charge in [-0.3, -0.25) is 4.79 Å². The van der Waals surface area contributed by atoms with Crippen molar-refractivity contribution in [3.05, 3.63) is 0 Å². The molecule has 0 aromatic heterocycles. The molecule has 2 bridgehead atoms. The van der Waals surface area contributed by atoms with Gasteiger partial charge in [0.15, 0.2) is 0 Å². The Kier molecular flexibility index (Phi) is 2.54. The molecule has 3 aliphatic rings. The van der Waals surface area contributed by atoms with Crippen LogP contribution < -0.4 is 0 Å². The summed E-state index contributed by atoms with van der Waals surface area (Å²) in [5, 5.41) is 0. The third-order valence-corrected chi connectivity index (χ3v) is 4.97. The molecule has 144 valence electrons. The van der Waals surface area contributed by atoms with Gasteiger partial charge in [-0.2, -0.15) is 43.9 Å². The zero-order valence-electron chi connectivity index (χ0n) is 10.7. The molecule has 0 saturated heterocycles. The van der Waals surface area contributed by atoms with Crippen LogP contribution in [0.4, 0.5) is 61.5 Å². The van der Waals surface area contributed by atoms with Crippen LogP contribution in [0.25, 0.3) is 0 Å². The lowest BCUT2D eigenvalue weighted by Gasteiger charge is -2.46. The van der Waals surface area contributed by atoms with E-state index in [9.17, 15) is 66.3 Å². The molecule has 0 heterocycles. The molecule has 15 heteroatoms. The van der Waals surface area contributed by atoms with Crippen molar-refractivity contribution in [2.75, 3.05) is 0 Å². The van der Waals surface area contributed by atoms with E-state index in [0.29, 0.717) is 0 Å². The molecule has 25 heavy (non-hydrogen) atoms. The van der Waals surface area contributed by atoms with Crippen LogP contribution in [0.2, 0.25) is 0 Å². The van der Waals surface area contributed by atoms with E-state index >= 15 is 0 Å². The van der Waals surface area contributed by atoms with Gasteiger partial charge in [-0.05, 0) is 0 Å². The lowest BCUT2D eigenvalue weighted by atomic mass is 9.69. The zero-order valence-corrected chi connectivity index (χ0v) is 10.7. The van der Waals surface area contributed by atoms with Gasteiger partial charge in [0.25, 0.3) is 28.5 Å². The highest BCUT2D eigenvalue weighted by Gasteiger charge is 3.22. The molecule has 3 fully saturated rings. The van der Waals surface area contributed by atoms with Gasteiger partial charge >= 0.3 is 29.6 Å². The summed E-state index contributed by atoms with van der Waals surface area (Å²) in [6.45, 7) is 0. The highest BCUT2D eigenvalue weighted by atomic mass is 19.4. The number of hydrogen-bond acceptors (Lipinski definition) is 1. The van der Waals surface area contributed by atoms with Crippen molar-refractivity contribution < 1.29 is 66.3 Å². The van der Waals surface area contributed by atoms with E-state index in [1.165, 1.54) is 0 Å². The highest BCUT2D eigenvalue weighted by Crippen LogP contribution is 2.87. The molecule has 0 radical (unpaired) electrons. The third-order valence-electron chi connectivity index (χ3n) is 4.97. The fourth-order valence-corrected chi connectivity index (χ4v) is 3.73. The first-order chi connectivity index (χ1) is 10.7. The Balaban J connectivity index is 2.62. The normalized spacial score (nSPS) is 53.1. The topological polar surface area (TPSA) is 17.1 Å². The molecule has 0 aromatic rings. The monoisotopic (exact) mass is 402 g/mol. The number of carbonyl (C=O) groups is 1. The SMILES string of the molecule is O=C1C(F)(F)C(F)(F)C2(F)C1(F)C1(F)C(F)(F)C(F)(F)C2(F)C1(F)F. The standard InChI is InChI=1S/C10F14O/c11-2-1(25)3(12,13)7(17,18)4(2,14)6(16)8(19,20)5(2,15)9(21,22)10(6,23)24. The maximum atomic E-state index is 14.3. The van der Waals surface area contributed by atoms with Crippen LogP contribution in [0.3, 0.4) is 0 Å². The number of ketones is 1. The second-order valence-electron chi connectivity index (χ2n) is 5.83. The van der Waals surface area contributed by atoms with Crippen LogP contribution >= 0.6 is 0 Å². The van der Waals surface area contributed by atoms with Crippen molar-refractivity contribution in [1.82, 2.24) is 0 Å². The van der Waals surface area contributed by atoms with Crippen LogP contribution in [-0.2, 0) is 4.79 Å². The van der Waals surface area contributed by atoms with Gasteiger partial charge in [-0.1, -0.05) is 0 Å².